The molecule has 1 aromatic carbocycles. The zero-order valence-corrected chi connectivity index (χ0v) is 9.21. The first-order valence-electron chi connectivity index (χ1n) is 4.64. The van der Waals surface area contributed by atoms with Crippen LogP contribution in [0, 0.1) is 0 Å². The predicted octanol–water partition coefficient (Wildman–Crippen LogP) is 2.66. The van der Waals surface area contributed by atoms with Crippen LogP contribution in [0.2, 0.25) is 5.02 Å². The van der Waals surface area contributed by atoms with Gasteiger partial charge in [0.05, 0.1) is 13.2 Å². The number of hydrogen-bond donors (Lipinski definition) is 1. The fourth-order valence-electron chi connectivity index (χ4n) is 1.29. The maximum atomic E-state index is 9.16. The summed E-state index contributed by atoms with van der Waals surface area (Å²) in [6, 6.07) is 5.56. The summed E-state index contributed by atoms with van der Waals surface area (Å²) in [4.78, 5) is 0. The van der Waals surface area contributed by atoms with E-state index in [9.17, 15) is 0 Å². The lowest BCUT2D eigenvalue weighted by Crippen LogP contribution is -2.02. The molecule has 0 saturated carbocycles. The number of rotatable bonds is 4. The minimum atomic E-state index is -0.282. The SMILES string of the molecule is COc1cc(Cl)ccc1CC[C@H](C)O. The molecule has 0 fully saturated rings. The Morgan fingerprint density at radius 3 is 2.79 bits per heavy atom. The molecule has 0 unspecified atom stereocenters. The van der Waals surface area contributed by atoms with Gasteiger partial charge in [0.1, 0.15) is 5.75 Å². The van der Waals surface area contributed by atoms with Crippen LogP contribution in [0.4, 0.5) is 0 Å². The molecular weight excluding hydrogens is 200 g/mol. The molecule has 2 nitrogen and oxygen atoms in total. The summed E-state index contributed by atoms with van der Waals surface area (Å²) in [7, 11) is 1.62. The molecule has 78 valence electrons. The van der Waals surface area contributed by atoms with Crippen molar-refractivity contribution >= 4 is 11.6 Å². The van der Waals surface area contributed by atoms with E-state index in [1.165, 1.54) is 0 Å². The number of hydrogen-bond acceptors (Lipinski definition) is 2. The molecule has 3 heteroatoms. The number of ether oxygens (including phenoxy) is 1. The van der Waals surface area contributed by atoms with Gasteiger partial charge in [0.2, 0.25) is 0 Å². The molecule has 1 rings (SSSR count). The second-order valence-corrected chi connectivity index (χ2v) is 3.78. The highest BCUT2D eigenvalue weighted by atomic mass is 35.5. The van der Waals surface area contributed by atoms with Crippen LogP contribution in [0.3, 0.4) is 0 Å². The maximum Gasteiger partial charge on any atom is 0.123 e. The molecule has 14 heavy (non-hydrogen) atoms. The first kappa shape index (κ1) is 11.3. The average molecular weight is 215 g/mol. The molecule has 0 aliphatic heterocycles. The summed E-state index contributed by atoms with van der Waals surface area (Å²) < 4.78 is 5.19. The van der Waals surface area contributed by atoms with E-state index < -0.39 is 0 Å². The topological polar surface area (TPSA) is 29.5 Å². The number of benzene rings is 1. The van der Waals surface area contributed by atoms with Crippen LogP contribution in [0.15, 0.2) is 18.2 Å². The first-order chi connectivity index (χ1) is 6.63. The lowest BCUT2D eigenvalue weighted by Gasteiger charge is -2.09. The fraction of sp³-hybridized carbons (Fsp3) is 0.455. The van der Waals surface area contributed by atoms with E-state index in [0.29, 0.717) is 5.02 Å². The van der Waals surface area contributed by atoms with Crippen LogP contribution in [-0.2, 0) is 6.42 Å². The fourth-order valence-corrected chi connectivity index (χ4v) is 1.45. The highest BCUT2D eigenvalue weighted by Gasteiger charge is 2.05. The van der Waals surface area contributed by atoms with Crippen LogP contribution >= 0.6 is 11.6 Å². The minimum Gasteiger partial charge on any atom is -0.496 e. The van der Waals surface area contributed by atoms with E-state index in [1.807, 2.05) is 12.1 Å². The van der Waals surface area contributed by atoms with E-state index in [1.54, 1.807) is 20.1 Å². The minimum absolute atomic E-state index is 0.282. The van der Waals surface area contributed by atoms with Crippen molar-refractivity contribution in [2.24, 2.45) is 0 Å². The van der Waals surface area contributed by atoms with Crippen molar-refractivity contribution in [2.75, 3.05) is 7.11 Å². The zero-order valence-electron chi connectivity index (χ0n) is 8.46. The Kier molecular flexibility index (Phi) is 4.23. The Labute approximate surface area is 89.5 Å². The quantitative estimate of drug-likeness (QED) is 0.835. The van der Waals surface area contributed by atoms with Gasteiger partial charge in [-0.15, -0.1) is 0 Å². The van der Waals surface area contributed by atoms with Crippen molar-refractivity contribution in [1.82, 2.24) is 0 Å². The Balaban J connectivity index is 2.75. The van der Waals surface area contributed by atoms with Crippen LogP contribution in [-0.4, -0.2) is 18.3 Å². The van der Waals surface area contributed by atoms with E-state index in [0.717, 1.165) is 24.2 Å². The number of aliphatic hydroxyl groups excluding tert-OH is 1. The highest BCUT2D eigenvalue weighted by molar-refractivity contribution is 6.30. The number of methoxy groups -OCH3 is 1. The first-order valence-corrected chi connectivity index (χ1v) is 5.01. The van der Waals surface area contributed by atoms with Crippen molar-refractivity contribution in [3.63, 3.8) is 0 Å². The van der Waals surface area contributed by atoms with Gasteiger partial charge in [0.15, 0.2) is 0 Å². The standard InChI is InChI=1S/C11H15ClO2/c1-8(13)3-4-9-5-6-10(12)7-11(9)14-2/h5-8,13H,3-4H2,1-2H3/t8-/m0/s1. The molecule has 1 N–H and O–H groups in total. The van der Waals surface area contributed by atoms with Crippen LogP contribution in [0.25, 0.3) is 0 Å². The Morgan fingerprint density at radius 1 is 1.50 bits per heavy atom. The average Bonchev–Trinajstić information content (AvgIpc) is 2.15. The summed E-state index contributed by atoms with van der Waals surface area (Å²) in [5.41, 5.74) is 1.08. The maximum absolute atomic E-state index is 9.16. The van der Waals surface area contributed by atoms with Crippen molar-refractivity contribution in [1.29, 1.82) is 0 Å². The molecule has 0 bridgehead atoms. The van der Waals surface area contributed by atoms with E-state index in [4.69, 9.17) is 21.4 Å². The summed E-state index contributed by atoms with van der Waals surface area (Å²) in [6.07, 6.45) is 1.26. The summed E-state index contributed by atoms with van der Waals surface area (Å²) in [5.74, 6) is 0.790. The summed E-state index contributed by atoms with van der Waals surface area (Å²) in [5, 5.41) is 9.83. The van der Waals surface area contributed by atoms with Crippen molar-refractivity contribution in [3.05, 3.63) is 28.8 Å². The lowest BCUT2D eigenvalue weighted by molar-refractivity contribution is 0.184. The largest absolute Gasteiger partial charge is 0.496 e. The molecule has 1 aromatic rings. The Bertz CT molecular complexity index is 297. The van der Waals surface area contributed by atoms with Gasteiger partial charge in [-0.1, -0.05) is 17.7 Å². The van der Waals surface area contributed by atoms with Gasteiger partial charge in [0, 0.05) is 5.02 Å². The van der Waals surface area contributed by atoms with Gasteiger partial charge < -0.3 is 9.84 Å². The van der Waals surface area contributed by atoms with Gasteiger partial charge in [-0.25, -0.2) is 0 Å². The molecular formula is C11H15ClO2. The monoisotopic (exact) mass is 214 g/mol. The number of aliphatic hydroxyl groups is 1. The summed E-state index contributed by atoms with van der Waals surface area (Å²) >= 11 is 5.83. The number of halogens is 1. The number of aryl methyl sites for hydroxylation is 1. The second-order valence-electron chi connectivity index (χ2n) is 3.34. The Morgan fingerprint density at radius 2 is 2.21 bits per heavy atom. The van der Waals surface area contributed by atoms with Crippen LogP contribution in [0.1, 0.15) is 18.9 Å². The second kappa shape index (κ2) is 5.23. The van der Waals surface area contributed by atoms with Gasteiger partial charge in [-0.05, 0) is 37.5 Å². The third-order valence-electron chi connectivity index (χ3n) is 2.08. The van der Waals surface area contributed by atoms with E-state index in [2.05, 4.69) is 0 Å². The smallest absolute Gasteiger partial charge is 0.123 e. The van der Waals surface area contributed by atoms with Crippen molar-refractivity contribution in [3.8, 4) is 5.75 Å². The molecule has 0 spiro atoms. The molecule has 0 radical (unpaired) electrons. The van der Waals surface area contributed by atoms with Crippen LogP contribution < -0.4 is 4.74 Å². The van der Waals surface area contributed by atoms with Crippen molar-refractivity contribution < 1.29 is 9.84 Å². The third-order valence-corrected chi connectivity index (χ3v) is 2.32. The van der Waals surface area contributed by atoms with Crippen LogP contribution in [0.5, 0.6) is 5.75 Å². The van der Waals surface area contributed by atoms with Gasteiger partial charge >= 0.3 is 0 Å². The zero-order chi connectivity index (χ0) is 10.6. The van der Waals surface area contributed by atoms with Crippen molar-refractivity contribution in [2.45, 2.75) is 25.9 Å². The molecule has 0 amide bonds. The molecule has 0 heterocycles. The normalized spacial score (nSPS) is 12.6. The predicted molar refractivity (Wildman–Crippen MR) is 58.0 cm³/mol. The summed E-state index contributed by atoms with van der Waals surface area (Å²) in [6.45, 7) is 1.78. The highest BCUT2D eigenvalue weighted by Crippen LogP contribution is 2.24. The van der Waals surface area contributed by atoms with Gasteiger partial charge in [-0.2, -0.15) is 0 Å². The third kappa shape index (κ3) is 3.20. The Hall–Kier alpha value is -0.730. The lowest BCUT2D eigenvalue weighted by atomic mass is 10.1. The molecule has 0 aromatic heterocycles. The van der Waals surface area contributed by atoms with Gasteiger partial charge in [-0.3, -0.25) is 0 Å². The van der Waals surface area contributed by atoms with E-state index >= 15 is 0 Å². The van der Waals surface area contributed by atoms with E-state index in [-0.39, 0.29) is 6.10 Å². The molecule has 1 atom stereocenters. The van der Waals surface area contributed by atoms with Gasteiger partial charge in [0.25, 0.3) is 0 Å². The molecule has 0 aliphatic rings. The molecule has 0 saturated heterocycles. The molecule has 0 aliphatic carbocycles.